The lowest BCUT2D eigenvalue weighted by molar-refractivity contribution is -0.121. The number of unbranched alkanes of at least 4 members (excludes halogenated alkanes) is 2. The molecule has 0 saturated heterocycles. The number of rotatable bonds is 17. The van der Waals surface area contributed by atoms with E-state index in [1.807, 2.05) is 72.6 Å². The van der Waals surface area contributed by atoms with Crippen molar-refractivity contribution in [2.75, 3.05) is 33.2 Å². The first kappa shape index (κ1) is 34.5. The number of hydrogen-bond donors (Lipinski definition) is 6. The minimum Gasteiger partial charge on any atom is -0.506 e. The Labute approximate surface area is 279 Å². The van der Waals surface area contributed by atoms with Crippen LogP contribution in [0.3, 0.4) is 0 Å². The van der Waals surface area contributed by atoms with Crippen molar-refractivity contribution in [3.63, 3.8) is 0 Å². The molecule has 0 bridgehead atoms. The Hall–Kier alpha value is -4.81. The lowest BCUT2D eigenvalue weighted by Crippen LogP contribution is -2.29. The average Bonchev–Trinajstić information content (AvgIpc) is 3.58. The molecule has 3 aromatic carbocycles. The number of oxazole rings is 1. The minimum absolute atomic E-state index is 0.0219. The van der Waals surface area contributed by atoms with Crippen LogP contribution in [0.2, 0.25) is 0 Å². The summed E-state index contributed by atoms with van der Waals surface area (Å²) in [5, 5.41) is 39.4. The highest BCUT2D eigenvalue weighted by Crippen LogP contribution is 2.36. The predicted molar refractivity (Wildman–Crippen MR) is 183 cm³/mol. The van der Waals surface area contributed by atoms with Gasteiger partial charge in [-0.3, -0.25) is 14.5 Å². The zero-order valence-electron chi connectivity index (χ0n) is 27.1. The van der Waals surface area contributed by atoms with E-state index >= 15 is 0 Å². The molecule has 0 fully saturated rings. The third-order valence-electron chi connectivity index (χ3n) is 8.35. The first-order chi connectivity index (χ1) is 23.3. The molecular formula is C37H43N5O6. The third kappa shape index (κ3) is 8.55. The van der Waals surface area contributed by atoms with Gasteiger partial charge in [-0.2, -0.15) is 0 Å². The van der Waals surface area contributed by atoms with Gasteiger partial charge in [-0.1, -0.05) is 73.2 Å². The smallest absolute Gasteiger partial charge is 0.248 e. The second-order valence-electron chi connectivity index (χ2n) is 12.0. The summed E-state index contributed by atoms with van der Waals surface area (Å²) in [6.45, 7) is 2.60. The van der Waals surface area contributed by atoms with Gasteiger partial charge in [0.05, 0.1) is 24.4 Å². The number of aromatic nitrogens is 2. The van der Waals surface area contributed by atoms with E-state index in [1.165, 1.54) is 12.1 Å². The number of nitrogens with zero attached hydrogens (tertiary/aromatic N) is 2. The van der Waals surface area contributed by atoms with Crippen LogP contribution >= 0.6 is 0 Å². The summed E-state index contributed by atoms with van der Waals surface area (Å²) >= 11 is 0. The normalized spacial score (nSPS) is 12.4. The summed E-state index contributed by atoms with van der Waals surface area (Å²) in [5.41, 5.74) is 0.400. The van der Waals surface area contributed by atoms with Crippen molar-refractivity contribution in [1.29, 1.82) is 0 Å². The Morgan fingerprint density at radius 3 is 2.35 bits per heavy atom. The van der Waals surface area contributed by atoms with Gasteiger partial charge in [0.25, 0.3) is 0 Å². The van der Waals surface area contributed by atoms with Crippen LogP contribution in [0.4, 0.5) is 0 Å². The predicted octanol–water partition coefficient (Wildman–Crippen LogP) is 3.94. The van der Waals surface area contributed by atoms with Gasteiger partial charge in [0.15, 0.2) is 5.60 Å². The molecule has 11 heteroatoms. The molecule has 1 amide bonds. The average molecular weight is 654 g/mol. The molecule has 48 heavy (non-hydrogen) atoms. The molecule has 6 N–H and O–H groups in total. The van der Waals surface area contributed by atoms with E-state index in [0.29, 0.717) is 72.5 Å². The number of benzene rings is 3. The number of hydrogen-bond acceptors (Lipinski definition) is 9. The van der Waals surface area contributed by atoms with Crippen LogP contribution in [0.25, 0.3) is 10.9 Å². The number of carbonyl (C=O) groups excluding carboxylic acids is 1. The number of aliphatic hydroxyl groups is 2. The molecule has 1 atom stereocenters. The molecular weight excluding hydrogens is 610 g/mol. The minimum atomic E-state index is -1.54. The van der Waals surface area contributed by atoms with Crippen LogP contribution in [-0.4, -0.2) is 69.3 Å². The molecule has 0 spiro atoms. The summed E-state index contributed by atoms with van der Waals surface area (Å²) in [5.74, 6) is 0.722. The molecule has 5 rings (SSSR count). The van der Waals surface area contributed by atoms with Gasteiger partial charge in [-0.15, -0.1) is 0 Å². The number of aliphatic hydroxyl groups excluding tert-OH is 1. The van der Waals surface area contributed by atoms with Crippen molar-refractivity contribution in [1.82, 2.24) is 25.5 Å². The number of phenols is 1. The van der Waals surface area contributed by atoms with Crippen molar-refractivity contribution in [2.45, 2.75) is 43.9 Å². The highest BCUT2D eigenvalue weighted by atomic mass is 16.4. The lowest BCUT2D eigenvalue weighted by atomic mass is 9.86. The van der Waals surface area contributed by atoms with Crippen molar-refractivity contribution in [2.24, 2.45) is 0 Å². The number of fused-ring (bicyclic) bond motifs is 1. The van der Waals surface area contributed by atoms with E-state index in [0.717, 1.165) is 19.3 Å². The van der Waals surface area contributed by atoms with Crippen LogP contribution in [0.5, 0.6) is 5.75 Å². The Morgan fingerprint density at radius 2 is 1.65 bits per heavy atom. The van der Waals surface area contributed by atoms with E-state index in [1.54, 1.807) is 18.3 Å². The number of phenolic OH excluding ortho intramolecular Hbond substituents is 1. The maximum absolute atomic E-state index is 12.4. The van der Waals surface area contributed by atoms with Crippen molar-refractivity contribution in [3.05, 3.63) is 130 Å². The zero-order valence-corrected chi connectivity index (χ0v) is 27.1. The number of pyridine rings is 1. The monoisotopic (exact) mass is 653 g/mol. The van der Waals surface area contributed by atoms with Crippen molar-refractivity contribution in [3.8, 4) is 5.75 Å². The van der Waals surface area contributed by atoms with Crippen LogP contribution in [-0.2, 0) is 16.9 Å². The number of H-pyrrole nitrogens is 1. The van der Waals surface area contributed by atoms with E-state index in [-0.39, 0.29) is 23.1 Å². The number of carbonyl (C=O) groups is 1. The Kier molecular flexibility index (Phi) is 11.8. The van der Waals surface area contributed by atoms with Gasteiger partial charge in [-0.25, -0.2) is 4.98 Å². The van der Waals surface area contributed by atoms with Crippen LogP contribution in [0, 0.1) is 0 Å². The first-order valence-corrected chi connectivity index (χ1v) is 16.2. The topological polar surface area (TPSA) is 164 Å². The standard InChI is InChI=1S/C37H43N5O6/c1-42(25-28-23-40-36(48-28)37(47,26-11-5-2-6-12-26)27-13-7-3-8-14-27)22-19-33(45)39-21-10-4-9-20-38-24-32(44)29-15-17-31(43)35-30(29)16-18-34(46)41-35/h2-3,5-8,11-18,23,32,38,43-44,47H,4,9-10,19-22,24-25H2,1H3,(H,39,45)(H,41,46). The molecule has 2 aromatic heterocycles. The number of nitrogens with one attached hydrogen (secondary N) is 3. The molecule has 11 nitrogen and oxygen atoms in total. The number of aromatic amines is 1. The summed E-state index contributed by atoms with van der Waals surface area (Å²) in [7, 11) is 1.91. The molecule has 0 saturated carbocycles. The van der Waals surface area contributed by atoms with Crippen molar-refractivity contribution >= 4 is 16.8 Å². The molecule has 1 unspecified atom stereocenters. The maximum atomic E-state index is 12.4. The quantitative estimate of drug-likeness (QED) is 0.0816. The summed E-state index contributed by atoms with van der Waals surface area (Å²) in [6.07, 6.45) is 3.81. The second-order valence-corrected chi connectivity index (χ2v) is 12.0. The number of amides is 1. The van der Waals surface area contributed by atoms with Gasteiger partial charge in [0, 0.05) is 37.5 Å². The van der Waals surface area contributed by atoms with Gasteiger partial charge in [-0.05, 0) is 55.3 Å². The summed E-state index contributed by atoms with van der Waals surface area (Å²) in [6, 6.07) is 24.7. The highest BCUT2D eigenvalue weighted by Gasteiger charge is 2.38. The zero-order chi connectivity index (χ0) is 33.9. The van der Waals surface area contributed by atoms with Gasteiger partial charge >= 0.3 is 0 Å². The number of aromatic hydroxyl groups is 1. The molecule has 0 radical (unpaired) electrons. The molecule has 0 aliphatic rings. The van der Waals surface area contributed by atoms with E-state index < -0.39 is 11.7 Å². The summed E-state index contributed by atoms with van der Waals surface area (Å²) in [4.78, 5) is 33.1. The van der Waals surface area contributed by atoms with E-state index in [2.05, 4.69) is 20.6 Å². The summed E-state index contributed by atoms with van der Waals surface area (Å²) < 4.78 is 6.07. The third-order valence-corrected chi connectivity index (χ3v) is 8.35. The highest BCUT2D eigenvalue weighted by molar-refractivity contribution is 5.87. The van der Waals surface area contributed by atoms with Crippen LogP contribution in [0.15, 0.2) is 100 Å². The lowest BCUT2D eigenvalue weighted by Gasteiger charge is -2.26. The van der Waals surface area contributed by atoms with Crippen LogP contribution < -0.4 is 16.2 Å². The fraction of sp³-hybridized carbons (Fsp3) is 0.324. The second kappa shape index (κ2) is 16.3. The fourth-order valence-corrected chi connectivity index (χ4v) is 5.72. The van der Waals surface area contributed by atoms with Gasteiger partial charge in [0.2, 0.25) is 17.4 Å². The SMILES string of the molecule is CN(CCC(=O)NCCCCCNCC(O)c1ccc(O)c2[nH]c(=O)ccc12)Cc1cnc(C(O)(c2ccccc2)c2ccccc2)o1. The first-order valence-electron chi connectivity index (χ1n) is 16.2. The maximum Gasteiger partial charge on any atom is 0.248 e. The molecule has 0 aliphatic heterocycles. The molecule has 0 aliphatic carbocycles. The van der Waals surface area contributed by atoms with E-state index in [4.69, 9.17) is 4.42 Å². The van der Waals surface area contributed by atoms with Gasteiger partial charge < -0.3 is 35.4 Å². The van der Waals surface area contributed by atoms with Crippen molar-refractivity contribution < 1.29 is 24.5 Å². The fourth-order valence-electron chi connectivity index (χ4n) is 5.72. The molecule has 252 valence electrons. The van der Waals surface area contributed by atoms with Crippen LogP contribution in [0.1, 0.15) is 60.1 Å². The Morgan fingerprint density at radius 1 is 0.958 bits per heavy atom. The molecule has 2 heterocycles. The van der Waals surface area contributed by atoms with Gasteiger partial charge in [0.1, 0.15) is 11.5 Å². The van der Waals surface area contributed by atoms with E-state index in [9.17, 15) is 24.9 Å². The Bertz CT molecular complexity index is 1790. The largest absolute Gasteiger partial charge is 0.506 e. The Balaban J connectivity index is 0.983. The molecule has 5 aromatic rings.